The Morgan fingerprint density at radius 2 is 2.32 bits per heavy atom. The third-order valence-electron chi connectivity index (χ3n) is 3.06. The second-order valence-electron chi connectivity index (χ2n) is 4.62. The molecule has 1 saturated heterocycles. The van der Waals surface area contributed by atoms with E-state index in [-0.39, 0.29) is 24.1 Å². The average molecular weight is 352 g/mol. The van der Waals surface area contributed by atoms with Gasteiger partial charge in [0.25, 0.3) is 0 Å². The van der Waals surface area contributed by atoms with E-state index in [0.29, 0.717) is 16.9 Å². The van der Waals surface area contributed by atoms with Gasteiger partial charge in [-0.1, -0.05) is 6.07 Å². The van der Waals surface area contributed by atoms with E-state index in [1.54, 1.807) is 12.1 Å². The van der Waals surface area contributed by atoms with Gasteiger partial charge >= 0.3 is 0 Å². The van der Waals surface area contributed by atoms with Crippen LogP contribution in [0.1, 0.15) is 12.5 Å². The third kappa shape index (κ3) is 4.44. The lowest BCUT2D eigenvalue weighted by atomic mass is 10.1. The molecule has 1 aliphatic heterocycles. The highest BCUT2D eigenvalue weighted by Crippen LogP contribution is 2.17. The number of nitrogens with one attached hydrogen (secondary N) is 1. The highest BCUT2D eigenvalue weighted by atomic mass is 79.9. The smallest absolute Gasteiger partial charge is 0.227 e. The standard InChI is InChI=1S/C13H16BrFN2O.ClH/c1-9-8-17(5-4-16-9)13(18)7-10-2-3-12(15)11(14)6-10;/h2-3,6,9,16H,4-5,7-8H2,1H3;1H/t9-;/m1./s1. The number of carbonyl (C=O) groups is 1. The van der Waals surface area contributed by atoms with E-state index in [9.17, 15) is 9.18 Å². The summed E-state index contributed by atoms with van der Waals surface area (Å²) in [5.41, 5.74) is 0.833. The molecule has 1 aromatic carbocycles. The molecule has 6 heteroatoms. The largest absolute Gasteiger partial charge is 0.340 e. The monoisotopic (exact) mass is 350 g/mol. The lowest BCUT2D eigenvalue weighted by Gasteiger charge is -2.32. The minimum atomic E-state index is -0.304. The summed E-state index contributed by atoms with van der Waals surface area (Å²) in [7, 11) is 0. The fourth-order valence-electron chi connectivity index (χ4n) is 2.09. The summed E-state index contributed by atoms with van der Waals surface area (Å²) in [6, 6.07) is 5.04. The van der Waals surface area contributed by atoms with Crippen LogP contribution in [0.2, 0.25) is 0 Å². The Morgan fingerprint density at radius 3 is 2.95 bits per heavy atom. The predicted octanol–water partition coefficient (Wildman–Crippen LogP) is 2.37. The number of rotatable bonds is 2. The molecule has 1 amide bonds. The molecule has 0 aromatic heterocycles. The van der Waals surface area contributed by atoms with E-state index in [2.05, 4.69) is 28.2 Å². The topological polar surface area (TPSA) is 32.3 Å². The van der Waals surface area contributed by atoms with Crippen molar-refractivity contribution in [3.8, 4) is 0 Å². The Balaban J connectivity index is 0.00000180. The average Bonchev–Trinajstić information content (AvgIpc) is 2.34. The Bertz CT molecular complexity index is 458. The second kappa shape index (κ2) is 7.22. The molecule has 1 fully saturated rings. The summed E-state index contributed by atoms with van der Waals surface area (Å²) in [5, 5.41) is 3.30. The van der Waals surface area contributed by atoms with Gasteiger partial charge in [0, 0.05) is 25.7 Å². The Hall–Kier alpha value is -0.650. The predicted molar refractivity (Wildman–Crippen MR) is 79.1 cm³/mol. The van der Waals surface area contributed by atoms with Crippen LogP contribution in [0.15, 0.2) is 22.7 Å². The molecule has 0 spiro atoms. The van der Waals surface area contributed by atoms with Crippen molar-refractivity contribution in [3.05, 3.63) is 34.1 Å². The summed E-state index contributed by atoms with van der Waals surface area (Å²) in [6.45, 7) is 4.38. The van der Waals surface area contributed by atoms with Gasteiger partial charge in [0.05, 0.1) is 10.9 Å². The van der Waals surface area contributed by atoms with Crippen LogP contribution in [0.3, 0.4) is 0 Å². The Labute approximate surface area is 127 Å². The molecule has 1 N–H and O–H groups in total. The van der Waals surface area contributed by atoms with Gasteiger partial charge in [0.1, 0.15) is 5.82 Å². The van der Waals surface area contributed by atoms with E-state index in [1.165, 1.54) is 6.07 Å². The van der Waals surface area contributed by atoms with Crippen molar-refractivity contribution in [2.45, 2.75) is 19.4 Å². The zero-order chi connectivity index (χ0) is 13.1. The van der Waals surface area contributed by atoms with Gasteiger partial charge in [-0.15, -0.1) is 12.4 Å². The fraction of sp³-hybridized carbons (Fsp3) is 0.462. The van der Waals surface area contributed by atoms with Crippen LogP contribution >= 0.6 is 28.3 Å². The van der Waals surface area contributed by atoms with Gasteiger partial charge in [-0.25, -0.2) is 4.39 Å². The normalized spacial score (nSPS) is 18.9. The number of amides is 1. The lowest BCUT2D eigenvalue weighted by Crippen LogP contribution is -2.51. The summed E-state index contributed by atoms with van der Waals surface area (Å²) in [6.07, 6.45) is 0.325. The van der Waals surface area contributed by atoms with Gasteiger partial charge in [-0.3, -0.25) is 4.79 Å². The number of hydrogen-bond acceptors (Lipinski definition) is 2. The first-order valence-electron chi connectivity index (χ1n) is 6.01. The molecule has 3 nitrogen and oxygen atoms in total. The number of halogens is 3. The Morgan fingerprint density at radius 1 is 1.58 bits per heavy atom. The molecule has 1 aliphatic rings. The second-order valence-corrected chi connectivity index (χ2v) is 5.47. The van der Waals surface area contributed by atoms with Crippen LogP contribution in [0.5, 0.6) is 0 Å². The highest BCUT2D eigenvalue weighted by Gasteiger charge is 2.20. The third-order valence-corrected chi connectivity index (χ3v) is 3.67. The molecule has 0 bridgehead atoms. The first-order chi connectivity index (χ1) is 8.56. The van der Waals surface area contributed by atoms with Crippen molar-refractivity contribution in [1.29, 1.82) is 0 Å². The first-order valence-corrected chi connectivity index (χ1v) is 6.80. The van der Waals surface area contributed by atoms with Crippen LogP contribution in [0, 0.1) is 5.82 Å². The molecule has 1 atom stereocenters. The molecule has 0 radical (unpaired) electrons. The summed E-state index contributed by atoms with van der Waals surface area (Å²) in [4.78, 5) is 14.0. The van der Waals surface area contributed by atoms with Crippen LogP contribution in [0.25, 0.3) is 0 Å². The molecule has 2 rings (SSSR count). The van der Waals surface area contributed by atoms with Crippen molar-refractivity contribution < 1.29 is 9.18 Å². The van der Waals surface area contributed by atoms with E-state index < -0.39 is 0 Å². The highest BCUT2D eigenvalue weighted by molar-refractivity contribution is 9.10. The molecule has 1 aromatic rings. The number of nitrogens with zero attached hydrogens (tertiary/aromatic N) is 1. The van der Waals surface area contributed by atoms with E-state index >= 15 is 0 Å². The summed E-state index contributed by atoms with van der Waals surface area (Å²) < 4.78 is 13.5. The SMILES string of the molecule is C[C@@H]1CN(C(=O)Cc2ccc(F)c(Br)c2)CCN1.Cl. The number of carbonyl (C=O) groups excluding carboxylic acids is 1. The van der Waals surface area contributed by atoms with Gasteiger partial charge in [-0.2, -0.15) is 0 Å². The van der Waals surface area contributed by atoms with Crippen molar-refractivity contribution in [2.75, 3.05) is 19.6 Å². The molecular formula is C13H17BrClFN2O. The molecular weight excluding hydrogens is 335 g/mol. The maximum absolute atomic E-state index is 13.1. The van der Waals surface area contributed by atoms with Crippen molar-refractivity contribution >= 4 is 34.2 Å². The van der Waals surface area contributed by atoms with E-state index in [4.69, 9.17) is 0 Å². The fourth-order valence-corrected chi connectivity index (χ4v) is 2.52. The van der Waals surface area contributed by atoms with Crippen molar-refractivity contribution in [2.24, 2.45) is 0 Å². The molecule has 0 aliphatic carbocycles. The molecule has 1 heterocycles. The zero-order valence-corrected chi connectivity index (χ0v) is 13.1. The minimum absolute atomic E-state index is 0. The minimum Gasteiger partial charge on any atom is -0.340 e. The maximum atomic E-state index is 13.1. The van der Waals surface area contributed by atoms with Crippen LogP contribution in [-0.2, 0) is 11.2 Å². The zero-order valence-electron chi connectivity index (χ0n) is 10.7. The Kier molecular flexibility index (Phi) is 6.23. The summed E-state index contributed by atoms with van der Waals surface area (Å²) >= 11 is 3.13. The van der Waals surface area contributed by atoms with Gasteiger partial charge in [0.15, 0.2) is 0 Å². The van der Waals surface area contributed by atoms with Crippen LogP contribution in [-0.4, -0.2) is 36.5 Å². The molecule has 0 saturated carbocycles. The number of benzene rings is 1. The summed E-state index contributed by atoms with van der Waals surface area (Å²) in [5.74, 6) is -0.205. The number of piperazine rings is 1. The van der Waals surface area contributed by atoms with Crippen LogP contribution in [0.4, 0.5) is 4.39 Å². The molecule has 19 heavy (non-hydrogen) atoms. The van der Waals surface area contributed by atoms with Crippen molar-refractivity contribution in [1.82, 2.24) is 10.2 Å². The quantitative estimate of drug-likeness (QED) is 0.887. The van der Waals surface area contributed by atoms with E-state index in [1.807, 2.05) is 4.90 Å². The first kappa shape index (κ1) is 16.4. The van der Waals surface area contributed by atoms with Gasteiger partial charge < -0.3 is 10.2 Å². The van der Waals surface area contributed by atoms with Gasteiger partial charge in [-0.05, 0) is 40.5 Å². The number of hydrogen-bond donors (Lipinski definition) is 1. The molecule has 106 valence electrons. The van der Waals surface area contributed by atoms with Crippen molar-refractivity contribution in [3.63, 3.8) is 0 Å². The van der Waals surface area contributed by atoms with Gasteiger partial charge in [0.2, 0.25) is 5.91 Å². The van der Waals surface area contributed by atoms with E-state index in [0.717, 1.165) is 25.2 Å². The lowest BCUT2D eigenvalue weighted by molar-refractivity contribution is -0.131. The maximum Gasteiger partial charge on any atom is 0.227 e. The molecule has 0 unspecified atom stereocenters. The van der Waals surface area contributed by atoms with Crippen LogP contribution < -0.4 is 5.32 Å².